The highest BCUT2D eigenvalue weighted by Crippen LogP contribution is 2.27. The Hall–Kier alpha value is -0.870. The fraction of sp³-hybridized carbons (Fsp3) is 0.769. The van der Waals surface area contributed by atoms with E-state index >= 15 is 0 Å². The van der Waals surface area contributed by atoms with E-state index in [9.17, 15) is 0 Å². The lowest BCUT2D eigenvalue weighted by atomic mass is 10.2. The van der Waals surface area contributed by atoms with Gasteiger partial charge in [-0.25, -0.2) is 0 Å². The van der Waals surface area contributed by atoms with E-state index < -0.39 is 0 Å². The summed E-state index contributed by atoms with van der Waals surface area (Å²) in [6.45, 7) is 4.61. The van der Waals surface area contributed by atoms with Crippen LogP contribution >= 0.6 is 0 Å². The molecule has 0 unspecified atom stereocenters. The molecule has 1 aliphatic heterocycles. The second kappa shape index (κ2) is 5.19. The monoisotopic (exact) mass is 234 g/mol. The van der Waals surface area contributed by atoms with Crippen molar-refractivity contribution in [3.8, 4) is 0 Å². The van der Waals surface area contributed by atoms with Crippen molar-refractivity contribution < 1.29 is 0 Å². The molecule has 0 spiro atoms. The SMILES string of the molecule is c1cnn(CCN(C[C@@H]2CCCN2)C2CC2)c1. The molecule has 1 atom stereocenters. The van der Waals surface area contributed by atoms with Crippen molar-refractivity contribution in [2.45, 2.75) is 44.3 Å². The Morgan fingerprint density at radius 2 is 2.29 bits per heavy atom. The minimum atomic E-state index is 0.730. The normalized spacial score (nSPS) is 24.6. The van der Waals surface area contributed by atoms with Gasteiger partial charge in [0.15, 0.2) is 0 Å². The molecule has 17 heavy (non-hydrogen) atoms. The van der Waals surface area contributed by atoms with E-state index in [1.807, 2.05) is 16.9 Å². The number of aromatic nitrogens is 2. The van der Waals surface area contributed by atoms with E-state index in [1.165, 1.54) is 38.8 Å². The van der Waals surface area contributed by atoms with Crippen molar-refractivity contribution in [2.75, 3.05) is 19.6 Å². The molecule has 1 aromatic heterocycles. The van der Waals surface area contributed by atoms with Crippen molar-refractivity contribution in [1.82, 2.24) is 20.0 Å². The van der Waals surface area contributed by atoms with Gasteiger partial charge in [0.1, 0.15) is 0 Å². The summed E-state index contributed by atoms with van der Waals surface area (Å²) >= 11 is 0. The molecule has 4 nitrogen and oxygen atoms in total. The van der Waals surface area contributed by atoms with Crippen LogP contribution in [0, 0.1) is 0 Å². The molecule has 1 saturated heterocycles. The van der Waals surface area contributed by atoms with Crippen LogP contribution in [0.25, 0.3) is 0 Å². The molecule has 0 amide bonds. The van der Waals surface area contributed by atoms with Gasteiger partial charge in [0.2, 0.25) is 0 Å². The van der Waals surface area contributed by atoms with Crippen LogP contribution in [0.1, 0.15) is 25.7 Å². The number of nitrogens with one attached hydrogen (secondary N) is 1. The smallest absolute Gasteiger partial charge is 0.0536 e. The molecule has 2 fully saturated rings. The average molecular weight is 234 g/mol. The number of nitrogens with zero attached hydrogens (tertiary/aromatic N) is 3. The van der Waals surface area contributed by atoms with Crippen LogP contribution in [0.3, 0.4) is 0 Å². The van der Waals surface area contributed by atoms with E-state index in [0.717, 1.165) is 25.2 Å². The summed E-state index contributed by atoms with van der Waals surface area (Å²) in [6.07, 6.45) is 9.41. The van der Waals surface area contributed by atoms with Crippen LogP contribution in [-0.4, -0.2) is 46.4 Å². The van der Waals surface area contributed by atoms with Crippen LogP contribution in [0.4, 0.5) is 0 Å². The molecule has 1 N–H and O–H groups in total. The molecular formula is C13H22N4. The lowest BCUT2D eigenvalue weighted by Crippen LogP contribution is -2.40. The molecule has 94 valence electrons. The van der Waals surface area contributed by atoms with Gasteiger partial charge in [0, 0.05) is 37.6 Å². The topological polar surface area (TPSA) is 33.1 Å². The van der Waals surface area contributed by atoms with Gasteiger partial charge in [-0.2, -0.15) is 5.10 Å². The van der Waals surface area contributed by atoms with Gasteiger partial charge in [0.05, 0.1) is 6.54 Å². The minimum Gasteiger partial charge on any atom is -0.313 e. The maximum absolute atomic E-state index is 4.27. The first kappa shape index (κ1) is 11.2. The zero-order valence-corrected chi connectivity index (χ0v) is 10.4. The highest BCUT2D eigenvalue weighted by molar-refractivity contribution is 4.88. The van der Waals surface area contributed by atoms with E-state index in [0.29, 0.717) is 0 Å². The largest absolute Gasteiger partial charge is 0.313 e. The summed E-state index contributed by atoms with van der Waals surface area (Å²) in [5, 5.41) is 7.87. The molecule has 1 saturated carbocycles. The predicted molar refractivity (Wildman–Crippen MR) is 67.8 cm³/mol. The summed E-state index contributed by atoms with van der Waals surface area (Å²) in [7, 11) is 0. The molecular weight excluding hydrogens is 212 g/mol. The van der Waals surface area contributed by atoms with Gasteiger partial charge in [-0.3, -0.25) is 9.58 Å². The Bertz CT molecular complexity index is 325. The molecule has 1 aromatic rings. The molecule has 0 radical (unpaired) electrons. The summed E-state index contributed by atoms with van der Waals surface area (Å²) in [5.74, 6) is 0. The molecule has 2 heterocycles. The maximum atomic E-state index is 4.27. The summed E-state index contributed by atoms with van der Waals surface area (Å²) in [5.41, 5.74) is 0. The standard InChI is InChI=1S/C13H22N4/c1-3-12(14-6-1)11-16(13-4-5-13)9-10-17-8-2-7-15-17/h2,7-8,12-14H,1,3-6,9-11H2/t12-/m0/s1. The molecule has 0 bridgehead atoms. The third kappa shape index (κ3) is 3.07. The first-order chi connectivity index (χ1) is 8.42. The Morgan fingerprint density at radius 3 is 2.94 bits per heavy atom. The summed E-state index contributed by atoms with van der Waals surface area (Å²) in [4.78, 5) is 2.66. The molecule has 3 rings (SSSR count). The van der Waals surface area contributed by atoms with Crippen LogP contribution in [0.15, 0.2) is 18.5 Å². The van der Waals surface area contributed by atoms with Crippen molar-refractivity contribution in [1.29, 1.82) is 0 Å². The molecule has 2 aliphatic rings. The van der Waals surface area contributed by atoms with Crippen LogP contribution in [0.5, 0.6) is 0 Å². The van der Waals surface area contributed by atoms with Gasteiger partial charge in [-0.05, 0) is 38.3 Å². The Labute approximate surface area is 103 Å². The summed E-state index contributed by atoms with van der Waals surface area (Å²) in [6, 6.07) is 3.58. The Kier molecular flexibility index (Phi) is 3.43. The minimum absolute atomic E-state index is 0.730. The van der Waals surface area contributed by atoms with Crippen molar-refractivity contribution in [2.24, 2.45) is 0 Å². The Morgan fingerprint density at radius 1 is 1.35 bits per heavy atom. The van der Waals surface area contributed by atoms with Crippen molar-refractivity contribution in [3.63, 3.8) is 0 Å². The second-order valence-electron chi connectivity index (χ2n) is 5.29. The van der Waals surface area contributed by atoms with Crippen molar-refractivity contribution >= 4 is 0 Å². The summed E-state index contributed by atoms with van der Waals surface area (Å²) < 4.78 is 2.04. The van der Waals surface area contributed by atoms with E-state index in [2.05, 4.69) is 21.5 Å². The zero-order valence-electron chi connectivity index (χ0n) is 10.4. The first-order valence-electron chi connectivity index (χ1n) is 6.87. The van der Waals surface area contributed by atoms with Crippen LogP contribution < -0.4 is 5.32 Å². The third-order valence-electron chi connectivity index (χ3n) is 3.86. The van der Waals surface area contributed by atoms with Crippen LogP contribution in [-0.2, 0) is 6.54 Å². The average Bonchev–Trinajstić information content (AvgIpc) is 2.85. The van der Waals surface area contributed by atoms with Crippen LogP contribution in [0.2, 0.25) is 0 Å². The number of rotatable bonds is 6. The Balaban J connectivity index is 1.49. The van der Waals surface area contributed by atoms with Gasteiger partial charge >= 0.3 is 0 Å². The highest BCUT2D eigenvalue weighted by Gasteiger charge is 2.30. The molecule has 4 heteroatoms. The highest BCUT2D eigenvalue weighted by atomic mass is 15.3. The maximum Gasteiger partial charge on any atom is 0.0536 e. The van der Waals surface area contributed by atoms with E-state index in [-0.39, 0.29) is 0 Å². The third-order valence-corrected chi connectivity index (χ3v) is 3.86. The van der Waals surface area contributed by atoms with Crippen molar-refractivity contribution in [3.05, 3.63) is 18.5 Å². The van der Waals surface area contributed by atoms with Gasteiger partial charge in [0.25, 0.3) is 0 Å². The van der Waals surface area contributed by atoms with E-state index in [4.69, 9.17) is 0 Å². The van der Waals surface area contributed by atoms with Gasteiger partial charge in [-0.1, -0.05) is 0 Å². The lowest BCUT2D eigenvalue weighted by Gasteiger charge is -2.25. The van der Waals surface area contributed by atoms with E-state index in [1.54, 1.807) is 0 Å². The number of hydrogen-bond donors (Lipinski definition) is 1. The molecule has 0 aromatic carbocycles. The quantitative estimate of drug-likeness (QED) is 0.800. The van der Waals surface area contributed by atoms with Gasteiger partial charge < -0.3 is 5.32 Å². The first-order valence-corrected chi connectivity index (χ1v) is 6.87. The fourth-order valence-electron chi connectivity index (χ4n) is 2.72. The fourth-order valence-corrected chi connectivity index (χ4v) is 2.72. The second-order valence-corrected chi connectivity index (χ2v) is 5.29. The lowest BCUT2D eigenvalue weighted by molar-refractivity contribution is 0.227. The molecule has 1 aliphatic carbocycles. The predicted octanol–water partition coefficient (Wildman–Crippen LogP) is 1.10. The van der Waals surface area contributed by atoms with Gasteiger partial charge in [-0.15, -0.1) is 0 Å². The zero-order chi connectivity index (χ0) is 11.5. The number of hydrogen-bond acceptors (Lipinski definition) is 3.